The lowest BCUT2D eigenvalue weighted by Crippen LogP contribution is -2.46. The van der Waals surface area contributed by atoms with E-state index in [-0.39, 0.29) is 30.8 Å². The number of carbonyl (C=O) groups excluding carboxylic acids is 1. The first-order valence-electron chi connectivity index (χ1n) is 7.35. The fourth-order valence-electron chi connectivity index (χ4n) is 3.28. The molecule has 2 aliphatic heterocycles. The number of amides is 1. The molecule has 0 aliphatic carbocycles. The van der Waals surface area contributed by atoms with Gasteiger partial charge in [0.1, 0.15) is 6.10 Å². The minimum Gasteiger partial charge on any atom is -0.394 e. The number of fused-ring (bicyclic) bond motifs is 1. The summed E-state index contributed by atoms with van der Waals surface area (Å²) < 4.78 is 5.68. The zero-order valence-corrected chi connectivity index (χ0v) is 11.8. The average molecular weight is 275 g/mol. The van der Waals surface area contributed by atoms with Gasteiger partial charge in [-0.2, -0.15) is 0 Å². The Morgan fingerprint density at radius 3 is 2.90 bits per heavy atom. The van der Waals surface area contributed by atoms with Crippen molar-refractivity contribution in [3.63, 3.8) is 0 Å². The van der Waals surface area contributed by atoms with Gasteiger partial charge in [-0.05, 0) is 37.3 Å². The number of rotatable bonds is 2. The lowest BCUT2D eigenvalue weighted by Gasteiger charge is -2.37. The van der Waals surface area contributed by atoms with E-state index in [1.807, 2.05) is 25.1 Å². The molecule has 1 aromatic rings. The van der Waals surface area contributed by atoms with Crippen molar-refractivity contribution in [1.29, 1.82) is 0 Å². The third-order valence-corrected chi connectivity index (χ3v) is 4.38. The number of ether oxygens (including phenoxy) is 1. The second kappa shape index (κ2) is 5.54. The van der Waals surface area contributed by atoms with E-state index in [4.69, 9.17) is 4.74 Å². The van der Waals surface area contributed by atoms with Crippen molar-refractivity contribution in [2.45, 2.75) is 44.4 Å². The van der Waals surface area contributed by atoms with E-state index in [9.17, 15) is 9.90 Å². The maximum atomic E-state index is 12.6. The summed E-state index contributed by atoms with van der Waals surface area (Å²) >= 11 is 0. The van der Waals surface area contributed by atoms with E-state index in [1.165, 1.54) is 5.56 Å². The van der Waals surface area contributed by atoms with Gasteiger partial charge in [-0.25, -0.2) is 0 Å². The van der Waals surface area contributed by atoms with Crippen molar-refractivity contribution >= 4 is 5.91 Å². The van der Waals surface area contributed by atoms with Crippen LogP contribution in [0.15, 0.2) is 24.3 Å². The Labute approximate surface area is 119 Å². The lowest BCUT2D eigenvalue weighted by atomic mass is 9.92. The van der Waals surface area contributed by atoms with Gasteiger partial charge in [-0.3, -0.25) is 4.79 Å². The van der Waals surface area contributed by atoms with E-state index in [2.05, 4.69) is 6.07 Å². The first-order valence-corrected chi connectivity index (χ1v) is 7.35. The van der Waals surface area contributed by atoms with Crippen LogP contribution >= 0.6 is 0 Å². The Morgan fingerprint density at radius 2 is 2.20 bits per heavy atom. The first-order chi connectivity index (χ1) is 9.70. The standard InChI is InChI=1S/C16H21NO3/c1-11-6-7-15(20-11)16(19)17-9-8-12-4-2-3-5-13(12)14(17)10-18/h2-5,11,14-15,18H,6-10H2,1H3/t11-,14-,15+/m1/s1. The molecule has 2 heterocycles. The molecule has 4 heteroatoms. The maximum Gasteiger partial charge on any atom is 0.252 e. The predicted octanol–water partition coefficient (Wildman–Crippen LogP) is 1.67. The SMILES string of the molecule is C[C@@H]1CC[C@@H](C(=O)N2CCc3ccccc3[C@H]2CO)O1. The highest BCUT2D eigenvalue weighted by Gasteiger charge is 2.37. The minimum absolute atomic E-state index is 0.0305. The number of benzene rings is 1. The smallest absolute Gasteiger partial charge is 0.252 e. The van der Waals surface area contributed by atoms with Gasteiger partial charge >= 0.3 is 0 Å². The van der Waals surface area contributed by atoms with Crippen molar-refractivity contribution in [2.24, 2.45) is 0 Å². The van der Waals surface area contributed by atoms with Crippen molar-refractivity contribution in [1.82, 2.24) is 4.90 Å². The largest absolute Gasteiger partial charge is 0.394 e. The molecular formula is C16H21NO3. The van der Waals surface area contributed by atoms with Crippen LogP contribution in [0.2, 0.25) is 0 Å². The van der Waals surface area contributed by atoms with E-state index in [0.717, 1.165) is 24.8 Å². The molecule has 0 spiro atoms. The van der Waals surface area contributed by atoms with Crippen molar-refractivity contribution in [3.05, 3.63) is 35.4 Å². The highest BCUT2D eigenvalue weighted by Crippen LogP contribution is 2.31. The summed E-state index contributed by atoms with van der Waals surface area (Å²) in [6, 6.07) is 7.82. The van der Waals surface area contributed by atoms with Gasteiger partial charge in [0.15, 0.2) is 0 Å². The second-order valence-electron chi connectivity index (χ2n) is 5.69. The minimum atomic E-state index is -0.329. The van der Waals surface area contributed by atoms with Gasteiger partial charge < -0.3 is 14.7 Å². The Morgan fingerprint density at radius 1 is 1.40 bits per heavy atom. The van der Waals surface area contributed by atoms with Crippen molar-refractivity contribution in [3.8, 4) is 0 Å². The summed E-state index contributed by atoms with van der Waals surface area (Å²) in [7, 11) is 0. The maximum absolute atomic E-state index is 12.6. The zero-order valence-electron chi connectivity index (χ0n) is 11.8. The molecule has 3 atom stereocenters. The Kier molecular flexibility index (Phi) is 3.76. The molecule has 1 aromatic carbocycles. The van der Waals surface area contributed by atoms with Gasteiger partial charge in [0.25, 0.3) is 5.91 Å². The van der Waals surface area contributed by atoms with Gasteiger partial charge in [-0.1, -0.05) is 24.3 Å². The molecule has 0 saturated carbocycles. The quantitative estimate of drug-likeness (QED) is 0.893. The number of nitrogens with zero attached hydrogens (tertiary/aromatic N) is 1. The van der Waals surface area contributed by atoms with Crippen LogP contribution in [0.25, 0.3) is 0 Å². The monoisotopic (exact) mass is 275 g/mol. The molecule has 108 valence electrons. The number of hydrogen-bond donors (Lipinski definition) is 1. The average Bonchev–Trinajstić information content (AvgIpc) is 2.91. The third kappa shape index (κ3) is 2.34. The molecule has 1 N–H and O–H groups in total. The summed E-state index contributed by atoms with van der Waals surface area (Å²) in [5, 5.41) is 9.72. The van der Waals surface area contributed by atoms with Crippen molar-refractivity contribution < 1.29 is 14.6 Å². The van der Waals surface area contributed by atoms with Crippen LogP contribution in [0.3, 0.4) is 0 Å². The van der Waals surface area contributed by atoms with Gasteiger partial charge in [0.05, 0.1) is 18.8 Å². The van der Waals surface area contributed by atoms with Gasteiger partial charge in [-0.15, -0.1) is 0 Å². The topological polar surface area (TPSA) is 49.8 Å². The zero-order chi connectivity index (χ0) is 14.1. The number of aliphatic hydroxyl groups is 1. The van der Waals surface area contributed by atoms with Crippen LogP contribution < -0.4 is 0 Å². The van der Waals surface area contributed by atoms with E-state index in [0.29, 0.717) is 6.54 Å². The Hall–Kier alpha value is -1.39. The molecule has 1 fully saturated rings. The van der Waals surface area contributed by atoms with Crippen LogP contribution in [0.1, 0.15) is 36.9 Å². The highest BCUT2D eigenvalue weighted by molar-refractivity contribution is 5.82. The molecule has 0 bridgehead atoms. The number of hydrogen-bond acceptors (Lipinski definition) is 3. The van der Waals surface area contributed by atoms with Crippen LogP contribution in [-0.4, -0.2) is 41.3 Å². The first kappa shape index (κ1) is 13.6. The molecule has 0 unspecified atom stereocenters. The molecule has 1 amide bonds. The lowest BCUT2D eigenvalue weighted by molar-refractivity contribution is -0.146. The molecule has 1 saturated heterocycles. The predicted molar refractivity (Wildman–Crippen MR) is 75.3 cm³/mol. The van der Waals surface area contributed by atoms with Crippen LogP contribution in [-0.2, 0) is 16.0 Å². The highest BCUT2D eigenvalue weighted by atomic mass is 16.5. The van der Waals surface area contributed by atoms with Gasteiger partial charge in [0, 0.05) is 6.54 Å². The van der Waals surface area contributed by atoms with Crippen LogP contribution in [0.4, 0.5) is 0 Å². The Balaban J connectivity index is 1.82. The van der Waals surface area contributed by atoms with Crippen molar-refractivity contribution in [2.75, 3.05) is 13.2 Å². The summed E-state index contributed by atoms with van der Waals surface area (Å²) in [4.78, 5) is 14.4. The molecule has 0 radical (unpaired) electrons. The van der Waals surface area contributed by atoms with E-state index < -0.39 is 0 Å². The van der Waals surface area contributed by atoms with Crippen LogP contribution in [0.5, 0.6) is 0 Å². The molecule has 20 heavy (non-hydrogen) atoms. The molecule has 4 nitrogen and oxygen atoms in total. The summed E-state index contributed by atoms with van der Waals surface area (Å²) in [6.07, 6.45) is 2.40. The van der Waals surface area contributed by atoms with Gasteiger partial charge in [0.2, 0.25) is 0 Å². The summed E-state index contributed by atoms with van der Waals surface area (Å²) in [5.41, 5.74) is 2.30. The third-order valence-electron chi connectivity index (χ3n) is 4.38. The molecular weight excluding hydrogens is 254 g/mol. The molecule has 2 aliphatic rings. The second-order valence-corrected chi connectivity index (χ2v) is 5.69. The Bertz CT molecular complexity index is 502. The normalized spacial score (nSPS) is 29.3. The fraction of sp³-hybridized carbons (Fsp3) is 0.562. The fourth-order valence-corrected chi connectivity index (χ4v) is 3.28. The summed E-state index contributed by atoms with van der Waals surface area (Å²) in [6.45, 7) is 2.63. The molecule has 3 rings (SSSR count). The molecule has 0 aromatic heterocycles. The van der Waals surface area contributed by atoms with E-state index >= 15 is 0 Å². The number of carbonyl (C=O) groups is 1. The number of aliphatic hydroxyl groups excluding tert-OH is 1. The summed E-state index contributed by atoms with van der Waals surface area (Å²) in [5.74, 6) is 0.0305. The van der Waals surface area contributed by atoms with Crippen LogP contribution in [0, 0.1) is 0 Å². The van der Waals surface area contributed by atoms with E-state index in [1.54, 1.807) is 4.90 Å².